The number of rotatable bonds is 6. The van der Waals surface area contributed by atoms with Crippen molar-refractivity contribution < 1.29 is 13.2 Å². The maximum absolute atomic E-state index is 12.6. The minimum atomic E-state index is -3.73. The summed E-state index contributed by atoms with van der Waals surface area (Å²) in [6.07, 6.45) is 1.43. The van der Waals surface area contributed by atoms with Crippen LogP contribution in [0.25, 0.3) is 11.3 Å². The summed E-state index contributed by atoms with van der Waals surface area (Å²) in [5, 5.41) is 0. The van der Waals surface area contributed by atoms with Crippen molar-refractivity contribution in [3.63, 3.8) is 0 Å². The van der Waals surface area contributed by atoms with Gasteiger partial charge in [-0.15, -0.1) is 0 Å². The number of methoxy groups -OCH3 is 1. The molecule has 2 aromatic carbocycles. The molecule has 0 saturated carbocycles. The van der Waals surface area contributed by atoms with Crippen LogP contribution < -0.4 is 9.46 Å². The highest BCUT2D eigenvalue weighted by molar-refractivity contribution is 7.89. The van der Waals surface area contributed by atoms with E-state index in [4.69, 9.17) is 4.74 Å². The third-order valence-corrected chi connectivity index (χ3v) is 5.29. The first-order chi connectivity index (χ1) is 12.5. The van der Waals surface area contributed by atoms with E-state index in [9.17, 15) is 8.42 Å². The molecule has 0 amide bonds. The maximum atomic E-state index is 12.6. The fraction of sp³-hybridized carbons (Fsp3) is 0.158. The number of hydrogen-bond donors (Lipinski definition) is 1. The molecule has 0 spiro atoms. The Morgan fingerprint density at radius 1 is 1.04 bits per heavy atom. The van der Waals surface area contributed by atoms with E-state index in [0.717, 1.165) is 16.8 Å². The predicted molar refractivity (Wildman–Crippen MR) is 99.2 cm³/mol. The first-order valence-corrected chi connectivity index (χ1v) is 9.48. The standard InChI is InChI=1S/C19H19N3O3S/c1-14-8-9-19(18(10-14)25-2)26(23,24)22-12-16-11-17(21-13-20-16)15-6-4-3-5-7-15/h3-11,13,22H,12H2,1-2H3. The van der Waals surface area contributed by atoms with Gasteiger partial charge in [0.05, 0.1) is 25.0 Å². The molecule has 134 valence electrons. The molecule has 0 fully saturated rings. The van der Waals surface area contributed by atoms with Crippen LogP contribution in [-0.4, -0.2) is 25.5 Å². The molecule has 0 aliphatic carbocycles. The summed E-state index contributed by atoms with van der Waals surface area (Å²) >= 11 is 0. The molecule has 7 heteroatoms. The van der Waals surface area contributed by atoms with Crippen LogP contribution in [0.5, 0.6) is 5.75 Å². The molecular formula is C19H19N3O3S. The maximum Gasteiger partial charge on any atom is 0.244 e. The average Bonchev–Trinajstić information content (AvgIpc) is 2.67. The second-order valence-corrected chi connectivity index (χ2v) is 7.47. The molecule has 0 unspecified atom stereocenters. The van der Waals surface area contributed by atoms with Crippen molar-refractivity contribution in [1.29, 1.82) is 0 Å². The smallest absolute Gasteiger partial charge is 0.244 e. The zero-order valence-corrected chi connectivity index (χ0v) is 15.3. The normalized spacial score (nSPS) is 11.3. The van der Waals surface area contributed by atoms with E-state index in [0.29, 0.717) is 11.4 Å². The number of aromatic nitrogens is 2. The summed E-state index contributed by atoms with van der Waals surface area (Å²) in [7, 11) is -2.28. The minimum absolute atomic E-state index is 0.0573. The Balaban J connectivity index is 1.81. The molecule has 1 aromatic heterocycles. The van der Waals surface area contributed by atoms with E-state index in [1.165, 1.54) is 19.5 Å². The minimum Gasteiger partial charge on any atom is -0.495 e. The van der Waals surface area contributed by atoms with Gasteiger partial charge >= 0.3 is 0 Å². The van der Waals surface area contributed by atoms with E-state index in [2.05, 4.69) is 14.7 Å². The lowest BCUT2D eigenvalue weighted by atomic mass is 10.1. The van der Waals surface area contributed by atoms with Crippen LogP contribution >= 0.6 is 0 Å². The first-order valence-electron chi connectivity index (χ1n) is 8.00. The Morgan fingerprint density at radius 3 is 2.54 bits per heavy atom. The third-order valence-electron chi connectivity index (χ3n) is 3.85. The van der Waals surface area contributed by atoms with Crippen molar-refractivity contribution in [1.82, 2.24) is 14.7 Å². The lowest BCUT2D eigenvalue weighted by molar-refractivity contribution is 0.402. The zero-order valence-electron chi connectivity index (χ0n) is 14.5. The molecule has 0 saturated heterocycles. The molecule has 1 N–H and O–H groups in total. The molecule has 3 aromatic rings. The second kappa shape index (κ2) is 7.63. The van der Waals surface area contributed by atoms with Crippen molar-refractivity contribution >= 4 is 10.0 Å². The van der Waals surface area contributed by atoms with Crippen LogP contribution in [0.15, 0.2) is 65.8 Å². The molecule has 26 heavy (non-hydrogen) atoms. The van der Waals surface area contributed by atoms with Crippen molar-refractivity contribution in [2.45, 2.75) is 18.4 Å². The van der Waals surface area contributed by atoms with Crippen molar-refractivity contribution in [2.75, 3.05) is 7.11 Å². The number of ether oxygens (including phenoxy) is 1. The third kappa shape index (κ3) is 4.07. The summed E-state index contributed by atoms with van der Waals surface area (Å²) in [5.41, 5.74) is 3.18. The van der Waals surface area contributed by atoms with Crippen LogP contribution in [0.4, 0.5) is 0 Å². The van der Waals surface area contributed by atoms with Gasteiger partial charge in [0.25, 0.3) is 0 Å². The number of sulfonamides is 1. The van der Waals surface area contributed by atoms with Gasteiger partial charge in [0.2, 0.25) is 10.0 Å². The highest BCUT2D eigenvalue weighted by Gasteiger charge is 2.19. The van der Waals surface area contributed by atoms with Gasteiger partial charge in [-0.2, -0.15) is 0 Å². The van der Waals surface area contributed by atoms with Gasteiger partial charge in [0, 0.05) is 5.56 Å². The van der Waals surface area contributed by atoms with Crippen LogP contribution in [0.2, 0.25) is 0 Å². The van der Waals surface area contributed by atoms with Gasteiger partial charge < -0.3 is 4.74 Å². The number of hydrogen-bond acceptors (Lipinski definition) is 5. The van der Waals surface area contributed by atoms with Gasteiger partial charge in [-0.25, -0.2) is 23.1 Å². The zero-order chi connectivity index (χ0) is 18.6. The Hall–Kier alpha value is -2.77. The highest BCUT2D eigenvalue weighted by atomic mass is 32.2. The Bertz CT molecular complexity index is 1010. The Morgan fingerprint density at radius 2 is 1.81 bits per heavy atom. The van der Waals surface area contributed by atoms with E-state index in [-0.39, 0.29) is 11.4 Å². The van der Waals surface area contributed by atoms with E-state index < -0.39 is 10.0 Å². The molecule has 0 radical (unpaired) electrons. The van der Waals surface area contributed by atoms with Gasteiger partial charge in [-0.1, -0.05) is 36.4 Å². The summed E-state index contributed by atoms with van der Waals surface area (Å²) in [6.45, 7) is 1.93. The van der Waals surface area contributed by atoms with Gasteiger partial charge in [0.1, 0.15) is 17.0 Å². The summed E-state index contributed by atoms with van der Waals surface area (Å²) < 4.78 is 33.0. The van der Waals surface area contributed by atoms with Crippen LogP contribution in [-0.2, 0) is 16.6 Å². The van der Waals surface area contributed by atoms with Crippen molar-refractivity contribution in [2.24, 2.45) is 0 Å². The lowest BCUT2D eigenvalue weighted by Gasteiger charge is -2.11. The van der Waals surface area contributed by atoms with Crippen molar-refractivity contribution in [3.05, 3.63) is 72.2 Å². The van der Waals surface area contributed by atoms with Crippen molar-refractivity contribution in [3.8, 4) is 17.0 Å². The summed E-state index contributed by atoms with van der Waals surface area (Å²) in [5.74, 6) is 0.310. The van der Waals surface area contributed by atoms with Gasteiger partial charge in [0.15, 0.2) is 0 Å². The van der Waals surface area contributed by atoms with Crippen LogP contribution in [0.1, 0.15) is 11.3 Å². The number of nitrogens with zero attached hydrogens (tertiary/aromatic N) is 2. The summed E-state index contributed by atoms with van der Waals surface area (Å²) in [4.78, 5) is 8.49. The molecule has 0 atom stereocenters. The van der Waals surface area contributed by atoms with Crippen LogP contribution in [0.3, 0.4) is 0 Å². The van der Waals surface area contributed by atoms with Gasteiger partial charge in [-0.3, -0.25) is 0 Å². The van der Waals surface area contributed by atoms with E-state index in [1.807, 2.05) is 37.3 Å². The topological polar surface area (TPSA) is 81.2 Å². The average molecular weight is 369 g/mol. The van der Waals surface area contributed by atoms with Gasteiger partial charge in [-0.05, 0) is 30.7 Å². The molecule has 0 aliphatic rings. The highest BCUT2D eigenvalue weighted by Crippen LogP contribution is 2.25. The Labute approximate surface area is 153 Å². The van der Waals surface area contributed by atoms with E-state index >= 15 is 0 Å². The van der Waals surface area contributed by atoms with E-state index in [1.54, 1.807) is 18.2 Å². The molecule has 3 rings (SSSR count). The number of aryl methyl sites for hydroxylation is 1. The fourth-order valence-corrected chi connectivity index (χ4v) is 3.65. The molecule has 0 bridgehead atoms. The SMILES string of the molecule is COc1cc(C)ccc1S(=O)(=O)NCc1cc(-c2ccccc2)ncn1. The summed E-state index contributed by atoms with van der Waals surface area (Å²) in [6, 6.07) is 16.4. The first kappa shape index (κ1) is 18.0. The van der Waals surface area contributed by atoms with Crippen LogP contribution in [0, 0.1) is 6.92 Å². The number of nitrogens with one attached hydrogen (secondary N) is 1. The molecule has 1 heterocycles. The second-order valence-electron chi connectivity index (χ2n) is 5.74. The Kier molecular flexibility index (Phi) is 5.29. The fourth-order valence-electron chi connectivity index (χ4n) is 2.50. The molecule has 6 nitrogen and oxygen atoms in total. The number of benzene rings is 2. The predicted octanol–water partition coefficient (Wildman–Crippen LogP) is 2.94. The molecule has 0 aliphatic heterocycles. The largest absolute Gasteiger partial charge is 0.495 e. The quantitative estimate of drug-likeness (QED) is 0.722. The molecular weight excluding hydrogens is 350 g/mol. The monoisotopic (exact) mass is 369 g/mol. The lowest BCUT2D eigenvalue weighted by Crippen LogP contribution is -2.24.